The van der Waals surface area contributed by atoms with E-state index in [1.807, 2.05) is 86.9 Å². The topological polar surface area (TPSA) is 147 Å². The molecule has 1 aliphatic rings. The summed E-state index contributed by atoms with van der Waals surface area (Å²) >= 11 is 0. The first-order chi connectivity index (χ1) is 19.2. The zero-order valence-electron chi connectivity index (χ0n) is 22.9. The van der Waals surface area contributed by atoms with Crippen LogP contribution < -0.4 is 11.1 Å². The van der Waals surface area contributed by atoms with E-state index in [-0.39, 0.29) is 12.1 Å². The highest BCUT2D eigenvalue weighted by Gasteiger charge is 2.24. The molecule has 2 heterocycles. The smallest absolute Gasteiger partial charge is 0.326 e. The summed E-state index contributed by atoms with van der Waals surface area (Å²) < 4.78 is 5.82. The third kappa shape index (κ3) is 12.1. The van der Waals surface area contributed by atoms with Crippen LogP contribution in [-0.2, 0) is 19.1 Å². The van der Waals surface area contributed by atoms with Crippen LogP contribution in [0, 0.1) is 0 Å². The molecule has 0 bridgehead atoms. The Hall–Kier alpha value is -4.92. The number of nitrogens with zero attached hydrogens (tertiary/aromatic N) is 1. The van der Waals surface area contributed by atoms with Gasteiger partial charge in [-0.15, -0.1) is 0 Å². The van der Waals surface area contributed by atoms with E-state index < -0.39 is 30.2 Å². The maximum atomic E-state index is 12.1. The van der Waals surface area contributed by atoms with Gasteiger partial charge in [-0.25, -0.2) is 9.79 Å². The van der Waals surface area contributed by atoms with Gasteiger partial charge in [0.2, 0.25) is 17.7 Å². The van der Waals surface area contributed by atoms with E-state index in [4.69, 9.17) is 15.6 Å². The number of amides is 2. The zero-order chi connectivity index (χ0) is 29.3. The van der Waals surface area contributed by atoms with Crippen LogP contribution in [0.4, 0.5) is 0 Å². The van der Waals surface area contributed by atoms with Crippen molar-refractivity contribution >= 4 is 29.8 Å². The quantitative estimate of drug-likeness (QED) is 0.203. The van der Waals surface area contributed by atoms with Crippen LogP contribution >= 0.6 is 0 Å². The van der Waals surface area contributed by atoms with Crippen LogP contribution in [0.5, 0.6) is 0 Å². The van der Waals surface area contributed by atoms with Gasteiger partial charge >= 0.3 is 5.97 Å². The number of aliphatic imine (C=N–C) groups is 1. The molecule has 0 aromatic carbocycles. The molecule has 40 heavy (non-hydrogen) atoms. The highest BCUT2D eigenvalue weighted by atomic mass is 16.5. The molecule has 0 saturated heterocycles. The van der Waals surface area contributed by atoms with Crippen molar-refractivity contribution in [3.63, 3.8) is 0 Å². The van der Waals surface area contributed by atoms with Gasteiger partial charge in [-0.3, -0.25) is 9.59 Å². The van der Waals surface area contributed by atoms with E-state index >= 15 is 0 Å². The van der Waals surface area contributed by atoms with Crippen molar-refractivity contribution in [3.05, 3.63) is 114 Å². The number of hydrogen-bond acceptors (Lipinski definition) is 5. The van der Waals surface area contributed by atoms with Crippen molar-refractivity contribution < 1.29 is 24.2 Å². The molecular weight excluding hydrogens is 508 g/mol. The van der Waals surface area contributed by atoms with E-state index in [1.54, 1.807) is 18.2 Å². The second-order valence-corrected chi connectivity index (χ2v) is 8.93. The summed E-state index contributed by atoms with van der Waals surface area (Å²) in [5.74, 6) is -2.10. The third-order valence-electron chi connectivity index (χ3n) is 5.49. The van der Waals surface area contributed by atoms with Crippen LogP contribution in [0.1, 0.15) is 32.9 Å². The Morgan fingerprint density at radius 2 is 1.73 bits per heavy atom. The summed E-state index contributed by atoms with van der Waals surface area (Å²) in [4.78, 5) is 41.8. The third-order valence-corrected chi connectivity index (χ3v) is 5.49. The van der Waals surface area contributed by atoms with Gasteiger partial charge in [-0.2, -0.15) is 0 Å². The maximum absolute atomic E-state index is 12.1. The number of nitrogens with two attached hydrogens (primary N) is 1. The summed E-state index contributed by atoms with van der Waals surface area (Å²) in [6.07, 6.45) is 27.3. The number of carbonyl (C=O) groups is 3. The number of aromatic nitrogens is 1. The van der Waals surface area contributed by atoms with Crippen LogP contribution in [0.25, 0.3) is 6.08 Å². The average Bonchev–Trinajstić information content (AvgIpc) is 3.54. The number of ether oxygens (including phenoxy) is 1. The molecule has 9 nitrogen and oxygen atoms in total. The van der Waals surface area contributed by atoms with Crippen molar-refractivity contribution in [2.45, 2.75) is 45.4 Å². The van der Waals surface area contributed by atoms with E-state index in [2.05, 4.69) is 21.4 Å². The average molecular weight is 545 g/mol. The number of hydrogen-bond donors (Lipinski definition) is 4. The molecule has 5 N–H and O–H groups in total. The number of aromatic amines is 1. The monoisotopic (exact) mass is 544 g/mol. The van der Waals surface area contributed by atoms with E-state index in [0.29, 0.717) is 11.5 Å². The molecule has 9 heteroatoms. The molecule has 1 aromatic heterocycles. The predicted octanol–water partition coefficient (Wildman–Crippen LogP) is 4.33. The van der Waals surface area contributed by atoms with Crippen molar-refractivity contribution in [1.82, 2.24) is 10.3 Å². The summed E-state index contributed by atoms with van der Waals surface area (Å²) in [5, 5.41) is 11.3. The Morgan fingerprint density at radius 3 is 2.33 bits per heavy atom. The predicted molar refractivity (Wildman–Crippen MR) is 158 cm³/mol. The second-order valence-electron chi connectivity index (χ2n) is 8.93. The number of nitrogens with one attached hydrogen (secondary N) is 2. The van der Waals surface area contributed by atoms with E-state index in [1.165, 1.54) is 13.0 Å². The Bertz CT molecular complexity index is 1290. The Balaban J connectivity index is 1.76. The van der Waals surface area contributed by atoms with Crippen LogP contribution in [0.15, 0.2) is 113 Å². The van der Waals surface area contributed by atoms with Gasteiger partial charge in [-0.05, 0) is 39.0 Å². The fourth-order valence-corrected chi connectivity index (χ4v) is 3.34. The van der Waals surface area contributed by atoms with Crippen LogP contribution in [0.2, 0.25) is 0 Å². The molecule has 0 radical (unpaired) electrons. The molecule has 2 amide bonds. The minimum absolute atomic E-state index is 0.0277. The first-order valence-corrected chi connectivity index (χ1v) is 12.7. The van der Waals surface area contributed by atoms with Crippen molar-refractivity contribution in [1.29, 1.82) is 0 Å². The van der Waals surface area contributed by atoms with Gasteiger partial charge in [-0.1, -0.05) is 78.5 Å². The molecule has 0 saturated carbocycles. The Kier molecular flexibility index (Phi) is 13.2. The molecule has 0 aliphatic carbocycles. The van der Waals surface area contributed by atoms with Gasteiger partial charge < -0.3 is 25.9 Å². The van der Waals surface area contributed by atoms with Gasteiger partial charge in [0.25, 0.3) is 0 Å². The molecule has 1 aliphatic heterocycles. The summed E-state index contributed by atoms with van der Waals surface area (Å²) in [5.41, 5.74) is 7.38. The van der Waals surface area contributed by atoms with Crippen LogP contribution in [0.3, 0.4) is 0 Å². The molecule has 2 rings (SSSR count). The summed E-state index contributed by atoms with van der Waals surface area (Å²) in [6, 6.07) is 2.52. The van der Waals surface area contributed by atoms with Gasteiger partial charge in [0.15, 0.2) is 0 Å². The Labute approximate surface area is 234 Å². The first kappa shape index (κ1) is 31.3. The van der Waals surface area contributed by atoms with E-state index in [9.17, 15) is 14.4 Å². The van der Waals surface area contributed by atoms with Crippen molar-refractivity contribution in [2.24, 2.45) is 10.7 Å². The summed E-state index contributed by atoms with van der Waals surface area (Å²) in [7, 11) is 0. The zero-order valence-corrected chi connectivity index (χ0v) is 22.9. The standard InChI is InChI=1S/C31H36N4O5/c1-22(20-26-24(3)40-29(34-26)18-17-25-16-13-19-33-25)14-11-9-7-5-4-6-8-10-12-15-23(2)30(37)35-27(31(38)39)21-28(32)36/h4-20,24,26-27,33H,21H2,1-3H3,(H2,32,36)(H,35,37)(H,38,39)/b5-4+,8-6+,9-7+,12-10+,14-11+,18-17+,22-20+,23-15+/t24-,26-,27-/m1/s1. The molecule has 3 atom stereocenters. The number of primary amides is 1. The molecule has 210 valence electrons. The lowest BCUT2D eigenvalue weighted by Crippen LogP contribution is -2.43. The van der Waals surface area contributed by atoms with Gasteiger partial charge in [0.1, 0.15) is 18.2 Å². The van der Waals surface area contributed by atoms with Gasteiger partial charge in [0.05, 0.1) is 6.42 Å². The summed E-state index contributed by atoms with van der Waals surface area (Å²) in [6.45, 7) is 5.57. The fourth-order valence-electron chi connectivity index (χ4n) is 3.34. The largest absolute Gasteiger partial charge is 0.480 e. The number of carboxylic acids is 1. The SMILES string of the molecule is CC(/C=C/C=C/C=C/C=C/C=C/C=C(\C)C(=O)N[C@H](CC(N)=O)C(=O)O)=C\[C@H]1N=C(/C=C/c2ccc[nH]2)O[C@@H]1C. The highest BCUT2D eigenvalue weighted by Crippen LogP contribution is 2.17. The fraction of sp³-hybridized carbons (Fsp3) is 0.226. The number of allylic oxidation sites excluding steroid dienone is 12. The lowest BCUT2D eigenvalue weighted by Gasteiger charge is -2.12. The van der Waals surface area contributed by atoms with Gasteiger partial charge in [0, 0.05) is 23.5 Å². The first-order valence-electron chi connectivity index (χ1n) is 12.7. The maximum Gasteiger partial charge on any atom is 0.326 e. The lowest BCUT2D eigenvalue weighted by molar-refractivity contribution is -0.142. The molecule has 0 fully saturated rings. The lowest BCUT2D eigenvalue weighted by atomic mass is 10.1. The highest BCUT2D eigenvalue weighted by molar-refractivity contribution is 5.96. The van der Waals surface area contributed by atoms with Crippen molar-refractivity contribution in [2.75, 3.05) is 0 Å². The molecule has 0 spiro atoms. The second kappa shape index (κ2) is 16.8. The minimum Gasteiger partial charge on any atom is -0.480 e. The number of rotatable bonds is 14. The number of aliphatic carboxylic acids is 1. The molecular formula is C31H36N4O5. The van der Waals surface area contributed by atoms with E-state index in [0.717, 1.165) is 11.3 Å². The molecule has 1 aromatic rings. The number of carboxylic acid groups (broad SMARTS) is 1. The minimum atomic E-state index is -1.36. The normalized spacial score (nSPS) is 19.4. The number of H-pyrrole nitrogens is 1. The Morgan fingerprint density at radius 1 is 1.07 bits per heavy atom. The molecule has 0 unspecified atom stereocenters. The van der Waals surface area contributed by atoms with Crippen molar-refractivity contribution in [3.8, 4) is 0 Å². The number of carbonyl (C=O) groups excluding carboxylic acids is 2. The van der Waals surface area contributed by atoms with Crippen LogP contribution in [-0.4, -0.2) is 52.0 Å².